The van der Waals surface area contributed by atoms with Crippen molar-refractivity contribution in [2.75, 3.05) is 14.1 Å². The third-order valence-corrected chi connectivity index (χ3v) is 3.34. The zero-order chi connectivity index (χ0) is 12.4. The number of hydrogen-bond acceptors (Lipinski definition) is 3. The number of aromatic nitrogens is 1. The normalized spacial score (nSPS) is 10.5. The number of aromatic amines is 1. The van der Waals surface area contributed by atoms with Gasteiger partial charge in [-0.25, -0.2) is 0 Å². The van der Waals surface area contributed by atoms with E-state index in [0.717, 1.165) is 22.0 Å². The second-order valence-corrected chi connectivity index (χ2v) is 4.84. The van der Waals surface area contributed by atoms with E-state index in [4.69, 9.17) is 0 Å². The molecule has 4 nitrogen and oxygen atoms in total. The zero-order valence-corrected chi connectivity index (χ0v) is 10.4. The summed E-state index contributed by atoms with van der Waals surface area (Å²) in [5.74, 6) is 0. The Morgan fingerprint density at radius 1 is 1.29 bits per heavy atom. The van der Waals surface area contributed by atoms with Crippen molar-refractivity contribution in [2.45, 2.75) is 4.90 Å². The summed E-state index contributed by atoms with van der Waals surface area (Å²) < 4.78 is 0. The predicted molar refractivity (Wildman–Crippen MR) is 69.5 cm³/mol. The van der Waals surface area contributed by atoms with Crippen LogP contribution in [0.25, 0.3) is 10.8 Å². The lowest BCUT2D eigenvalue weighted by Crippen LogP contribution is -2.16. The van der Waals surface area contributed by atoms with Crippen LogP contribution in [0, 0.1) is 0 Å². The van der Waals surface area contributed by atoms with Gasteiger partial charge in [0.1, 0.15) is 0 Å². The number of fused-ring (bicyclic) bond motifs is 1. The molecule has 0 radical (unpaired) electrons. The lowest BCUT2D eigenvalue weighted by molar-refractivity contribution is 0.241. The predicted octanol–water partition coefficient (Wildman–Crippen LogP) is 2.30. The van der Waals surface area contributed by atoms with Crippen molar-refractivity contribution in [2.24, 2.45) is 0 Å². The summed E-state index contributed by atoms with van der Waals surface area (Å²) in [6, 6.07) is 7.18. The third-order valence-electron chi connectivity index (χ3n) is 2.32. The van der Waals surface area contributed by atoms with Gasteiger partial charge in [0.05, 0.1) is 0 Å². The highest BCUT2D eigenvalue weighted by molar-refractivity contribution is 8.13. The van der Waals surface area contributed by atoms with Crippen LogP contribution in [0.15, 0.2) is 40.2 Å². The van der Waals surface area contributed by atoms with E-state index in [-0.39, 0.29) is 10.8 Å². The van der Waals surface area contributed by atoms with Gasteiger partial charge < -0.3 is 9.88 Å². The maximum Gasteiger partial charge on any atom is 0.285 e. The Kier molecular flexibility index (Phi) is 3.19. The highest BCUT2D eigenvalue weighted by atomic mass is 32.2. The number of benzene rings is 1. The molecule has 1 heterocycles. The number of hydrogen-bond donors (Lipinski definition) is 1. The molecule has 0 saturated heterocycles. The van der Waals surface area contributed by atoms with E-state index in [1.54, 1.807) is 32.4 Å². The zero-order valence-electron chi connectivity index (χ0n) is 9.56. The molecule has 0 aliphatic rings. The van der Waals surface area contributed by atoms with Gasteiger partial charge in [0, 0.05) is 30.6 Å². The van der Waals surface area contributed by atoms with E-state index < -0.39 is 0 Å². The molecule has 1 N–H and O–H groups in total. The second kappa shape index (κ2) is 4.63. The molecule has 1 aromatic heterocycles. The van der Waals surface area contributed by atoms with Crippen molar-refractivity contribution in [3.8, 4) is 0 Å². The molecule has 0 spiro atoms. The first kappa shape index (κ1) is 11.7. The molecule has 0 fully saturated rings. The molecule has 2 aromatic rings. The summed E-state index contributed by atoms with van der Waals surface area (Å²) in [5, 5.41) is 1.44. The van der Waals surface area contributed by atoms with E-state index in [2.05, 4.69) is 4.98 Å². The standard InChI is InChI=1S/C12H12N2O2S/c1-14(2)12(16)17-9-3-4-10-8(7-9)5-6-13-11(10)15/h3-7H,1-2H3,(H,13,15). The lowest BCUT2D eigenvalue weighted by Gasteiger charge is -2.09. The van der Waals surface area contributed by atoms with Crippen molar-refractivity contribution in [3.05, 3.63) is 40.8 Å². The number of nitrogens with one attached hydrogen (secondary N) is 1. The first-order chi connectivity index (χ1) is 8.08. The Balaban J connectivity index is 2.39. The van der Waals surface area contributed by atoms with E-state index in [0.29, 0.717) is 5.39 Å². The topological polar surface area (TPSA) is 53.2 Å². The highest BCUT2D eigenvalue weighted by Gasteiger charge is 2.07. The van der Waals surface area contributed by atoms with Gasteiger partial charge in [-0.3, -0.25) is 9.59 Å². The number of carbonyl (C=O) groups is 1. The summed E-state index contributed by atoms with van der Waals surface area (Å²) >= 11 is 1.15. The van der Waals surface area contributed by atoms with Crippen molar-refractivity contribution in [1.82, 2.24) is 9.88 Å². The number of nitrogens with zero attached hydrogens (tertiary/aromatic N) is 1. The summed E-state index contributed by atoms with van der Waals surface area (Å²) in [6.07, 6.45) is 1.60. The molecule has 0 unspecified atom stereocenters. The van der Waals surface area contributed by atoms with Crippen molar-refractivity contribution < 1.29 is 4.79 Å². The average molecular weight is 248 g/mol. The fourth-order valence-electron chi connectivity index (χ4n) is 1.43. The number of rotatable bonds is 1. The molecular formula is C12H12N2O2S. The van der Waals surface area contributed by atoms with Crippen molar-refractivity contribution >= 4 is 27.8 Å². The van der Waals surface area contributed by atoms with Crippen LogP contribution in [0.1, 0.15) is 0 Å². The van der Waals surface area contributed by atoms with E-state index >= 15 is 0 Å². The molecule has 5 heteroatoms. The Labute approximate surface area is 103 Å². The van der Waals surface area contributed by atoms with Crippen molar-refractivity contribution in [3.63, 3.8) is 0 Å². The maximum absolute atomic E-state index is 11.5. The van der Waals surface area contributed by atoms with Gasteiger partial charge in [-0.05, 0) is 41.4 Å². The summed E-state index contributed by atoms with van der Waals surface area (Å²) in [7, 11) is 3.42. The summed E-state index contributed by atoms with van der Waals surface area (Å²) in [4.78, 5) is 28.0. The fourth-order valence-corrected chi connectivity index (χ4v) is 2.13. The molecule has 88 valence electrons. The summed E-state index contributed by atoms with van der Waals surface area (Å²) in [6.45, 7) is 0. The number of amides is 1. The molecule has 0 aliphatic carbocycles. The highest BCUT2D eigenvalue weighted by Crippen LogP contribution is 2.23. The van der Waals surface area contributed by atoms with Crippen LogP contribution in [-0.2, 0) is 0 Å². The Bertz CT molecular complexity index is 619. The minimum absolute atomic E-state index is 0.0332. The molecule has 0 aliphatic heterocycles. The van der Waals surface area contributed by atoms with Gasteiger partial charge in [-0.15, -0.1) is 0 Å². The molecule has 1 aromatic carbocycles. The number of pyridine rings is 1. The van der Waals surface area contributed by atoms with Crippen LogP contribution >= 0.6 is 11.8 Å². The van der Waals surface area contributed by atoms with Gasteiger partial charge >= 0.3 is 0 Å². The van der Waals surface area contributed by atoms with Crippen molar-refractivity contribution in [1.29, 1.82) is 0 Å². The van der Waals surface area contributed by atoms with Crippen LogP contribution in [0.2, 0.25) is 0 Å². The Morgan fingerprint density at radius 3 is 2.76 bits per heavy atom. The Morgan fingerprint density at radius 2 is 2.06 bits per heavy atom. The minimum atomic E-state index is -0.113. The monoisotopic (exact) mass is 248 g/mol. The first-order valence-electron chi connectivity index (χ1n) is 5.08. The molecule has 1 amide bonds. The molecule has 0 atom stereocenters. The third kappa shape index (κ3) is 2.50. The largest absolute Gasteiger partial charge is 0.339 e. The average Bonchev–Trinajstić information content (AvgIpc) is 2.29. The lowest BCUT2D eigenvalue weighted by atomic mass is 10.2. The maximum atomic E-state index is 11.5. The molecule has 17 heavy (non-hydrogen) atoms. The van der Waals surface area contributed by atoms with E-state index in [1.807, 2.05) is 12.1 Å². The first-order valence-corrected chi connectivity index (χ1v) is 5.90. The quantitative estimate of drug-likeness (QED) is 0.788. The van der Waals surface area contributed by atoms with Crippen LogP contribution in [-0.4, -0.2) is 29.2 Å². The van der Waals surface area contributed by atoms with Gasteiger partial charge in [0.15, 0.2) is 0 Å². The van der Waals surface area contributed by atoms with Crippen LogP contribution in [0.3, 0.4) is 0 Å². The van der Waals surface area contributed by atoms with Crippen LogP contribution in [0.5, 0.6) is 0 Å². The van der Waals surface area contributed by atoms with Crippen LogP contribution < -0.4 is 5.56 Å². The number of H-pyrrole nitrogens is 1. The molecule has 0 saturated carbocycles. The number of thioether (sulfide) groups is 1. The summed E-state index contributed by atoms with van der Waals surface area (Å²) in [5.41, 5.74) is -0.113. The van der Waals surface area contributed by atoms with Gasteiger partial charge in [-0.2, -0.15) is 0 Å². The van der Waals surface area contributed by atoms with Gasteiger partial charge in [-0.1, -0.05) is 0 Å². The van der Waals surface area contributed by atoms with Gasteiger partial charge in [0.25, 0.3) is 10.8 Å². The minimum Gasteiger partial charge on any atom is -0.339 e. The molecular weight excluding hydrogens is 236 g/mol. The van der Waals surface area contributed by atoms with Gasteiger partial charge in [0.2, 0.25) is 0 Å². The molecule has 0 bridgehead atoms. The Hall–Kier alpha value is -1.75. The van der Waals surface area contributed by atoms with Crippen LogP contribution in [0.4, 0.5) is 4.79 Å². The molecule has 2 rings (SSSR count). The fraction of sp³-hybridized carbons (Fsp3) is 0.167. The van der Waals surface area contributed by atoms with E-state index in [1.165, 1.54) is 4.90 Å². The smallest absolute Gasteiger partial charge is 0.285 e. The SMILES string of the molecule is CN(C)C(=O)Sc1ccc2c(=O)[nH]ccc2c1. The second-order valence-electron chi connectivity index (χ2n) is 3.82. The van der Waals surface area contributed by atoms with E-state index in [9.17, 15) is 9.59 Å². The number of carbonyl (C=O) groups excluding carboxylic acids is 1.